The van der Waals surface area contributed by atoms with Crippen LogP contribution in [-0.4, -0.2) is 29.8 Å². The van der Waals surface area contributed by atoms with Crippen LogP contribution in [0.25, 0.3) is 0 Å². The van der Waals surface area contributed by atoms with Gasteiger partial charge in [-0.2, -0.15) is 0 Å². The third-order valence-electron chi connectivity index (χ3n) is 5.04. The lowest BCUT2D eigenvalue weighted by molar-refractivity contribution is -0.121. The number of halogens is 1. The predicted molar refractivity (Wildman–Crippen MR) is 105 cm³/mol. The van der Waals surface area contributed by atoms with E-state index in [0.29, 0.717) is 42.2 Å². The smallest absolute Gasteiger partial charge is 0.253 e. The molecule has 0 radical (unpaired) electrons. The molecule has 3 rings (SSSR count). The molecule has 1 saturated heterocycles. The fourth-order valence-electron chi connectivity index (χ4n) is 3.20. The highest BCUT2D eigenvalue weighted by Crippen LogP contribution is 2.25. The molecule has 0 spiro atoms. The first-order valence-electron chi connectivity index (χ1n) is 8.87. The lowest BCUT2D eigenvalue weighted by atomic mass is 9.95. The van der Waals surface area contributed by atoms with Crippen molar-refractivity contribution in [1.29, 1.82) is 0 Å². The maximum atomic E-state index is 12.7. The number of nitrogens with one attached hydrogen (secondary N) is 1. The zero-order valence-electron chi connectivity index (χ0n) is 15.1. The first kappa shape index (κ1) is 18.5. The fraction of sp³-hybridized carbons (Fsp3) is 0.333. The second-order valence-corrected chi connectivity index (χ2v) is 7.24. The maximum absolute atomic E-state index is 12.7. The van der Waals surface area contributed by atoms with Crippen LogP contribution < -0.4 is 5.32 Å². The standard InChI is InChI=1S/C21H23ClN2O2/c1-14-7-8-17(13-15(14)2)21(26)24-11-9-16(10-12-24)20(25)23-19-6-4-3-5-18(19)22/h3-8,13,16H,9-12H2,1-2H3,(H,23,25). The number of amides is 2. The molecule has 0 aliphatic carbocycles. The van der Waals surface area contributed by atoms with Crippen LogP contribution in [-0.2, 0) is 4.79 Å². The summed E-state index contributed by atoms with van der Waals surface area (Å²) in [6.45, 7) is 5.23. The minimum absolute atomic E-state index is 0.0311. The number of nitrogens with zero attached hydrogens (tertiary/aromatic N) is 1. The van der Waals surface area contributed by atoms with Crippen molar-refractivity contribution in [2.24, 2.45) is 5.92 Å². The minimum atomic E-state index is -0.102. The molecule has 26 heavy (non-hydrogen) atoms. The van der Waals surface area contributed by atoms with Crippen molar-refractivity contribution in [3.8, 4) is 0 Å². The van der Waals surface area contributed by atoms with Gasteiger partial charge in [0.2, 0.25) is 5.91 Å². The monoisotopic (exact) mass is 370 g/mol. The van der Waals surface area contributed by atoms with E-state index in [1.54, 1.807) is 12.1 Å². The third kappa shape index (κ3) is 4.07. The minimum Gasteiger partial charge on any atom is -0.339 e. The molecule has 0 unspecified atom stereocenters. The average Bonchev–Trinajstić information content (AvgIpc) is 2.65. The Morgan fingerprint density at radius 3 is 2.38 bits per heavy atom. The molecule has 0 saturated carbocycles. The zero-order valence-corrected chi connectivity index (χ0v) is 15.8. The van der Waals surface area contributed by atoms with Crippen molar-refractivity contribution in [2.75, 3.05) is 18.4 Å². The van der Waals surface area contributed by atoms with Crippen LogP contribution in [0, 0.1) is 19.8 Å². The Balaban J connectivity index is 1.58. The van der Waals surface area contributed by atoms with Crippen LogP contribution in [0.5, 0.6) is 0 Å². The Bertz CT molecular complexity index is 827. The molecular formula is C21H23ClN2O2. The number of hydrogen-bond acceptors (Lipinski definition) is 2. The van der Waals surface area contributed by atoms with E-state index >= 15 is 0 Å². The van der Waals surface area contributed by atoms with Gasteiger partial charge in [0, 0.05) is 24.6 Å². The van der Waals surface area contributed by atoms with Crippen LogP contribution in [0.15, 0.2) is 42.5 Å². The molecule has 4 nitrogen and oxygen atoms in total. The van der Waals surface area contributed by atoms with E-state index in [2.05, 4.69) is 5.32 Å². The molecule has 5 heteroatoms. The summed E-state index contributed by atoms with van der Waals surface area (Å²) >= 11 is 6.10. The Labute approximate surface area is 159 Å². The number of anilines is 1. The van der Waals surface area contributed by atoms with Gasteiger partial charge in [-0.25, -0.2) is 0 Å². The summed E-state index contributed by atoms with van der Waals surface area (Å²) in [4.78, 5) is 27.0. The molecule has 1 N–H and O–H groups in total. The summed E-state index contributed by atoms with van der Waals surface area (Å²) in [5.41, 5.74) is 3.64. The number of carbonyl (C=O) groups is 2. The van der Waals surface area contributed by atoms with E-state index in [0.717, 1.165) is 5.56 Å². The second kappa shape index (κ2) is 7.92. The van der Waals surface area contributed by atoms with Gasteiger partial charge in [0.05, 0.1) is 10.7 Å². The van der Waals surface area contributed by atoms with Crippen molar-refractivity contribution >= 4 is 29.1 Å². The van der Waals surface area contributed by atoms with Gasteiger partial charge in [-0.1, -0.05) is 29.8 Å². The Hall–Kier alpha value is -2.33. The summed E-state index contributed by atoms with van der Waals surface area (Å²) in [7, 11) is 0. The number of hydrogen-bond donors (Lipinski definition) is 1. The van der Waals surface area contributed by atoms with Crippen molar-refractivity contribution in [3.05, 3.63) is 64.2 Å². The van der Waals surface area contributed by atoms with E-state index in [-0.39, 0.29) is 17.7 Å². The quantitative estimate of drug-likeness (QED) is 0.867. The van der Waals surface area contributed by atoms with Gasteiger partial charge in [-0.05, 0) is 62.1 Å². The van der Waals surface area contributed by atoms with Gasteiger partial charge in [-0.15, -0.1) is 0 Å². The first-order chi connectivity index (χ1) is 12.5. The van der Waals surface area contributed by atoms with Crippen molar-refractivity contribution < 1.29 is 9.59 Å². The molecule has 1 aliphatic rings. The summed E-state index contributed by atoms with van der Waals surface area (Å²) in [6, 6.07) is 13.0. The molecule has 136 valence electrons. The highest BCUT2D eigenvalue weighted by Gasteiger charge is 2.28. The SMILES string of the molecule is Cc1ccc(C(=O)N2CCC(C(=O)Nc3ccccc3Cl)CC2)cc1C. The van der Waals surface area contributed by atoms with E-state index < -0.39 is 0 Å². The topological polar surface area (TPSA) is 49.4 Å². The summed E-state index contributed by atoms with van der Waals surface area (Å²) < 4.78 is 0. The number of rotatable bonds is 3. The second-order valence-electron chi connectivity index (χ2n) is 6.83. The lowest BCUT2D eigenvalue weighted by Gasteiger charge is -2.31. The molecule has 1 fully saturated rings. The Morgan fingerprint density at radius 1 is 1.04 bits per heavy atom. The number of para-hydroxylation sites is 1. The highest BCUT2D eigenvalue weighted by molar-refractivity contribution is 6.33. The molecule has 0 aromatic heterocycles. The van der Waals surface area contributed by atoms with Crippen molar-refractivity contribution in [1.82, 2.24) is 4.90 Å². The van der Waals surface area contributed by atoms with Crippen LogP contribution in [0.2, 0.25) is 5.02 Å². The largest absolute Gasteiger partial charge is 0.339 e. The third-order valence-corrected chi connectivity index (χ3v) is 5.37. The summed E-state index contributed by atoms with van der Waals surface area (Å²) in [5.74, 6) is -0.0930. The number of piperidine rings is 1. The van der Waals surface area contributed by atoms with Crippen LogP contribution >= 0.6 is 11.6 Å². The van der Waals surface area contributed by atoms with Gasteiger partial charge in [0.25, 0.3) is 5.91 Å². The van der Waals surface area contributed by atoms with E-state index in [1.807, 2.05) is 49.1 Å². The molecule has 1 aliphatic heterocycles. The van der Waals surface area contributed by atoms with Gasteiger partial charge < -0.3 is 10.2 Å². The normalized spacial score (nSPS) is 15.0. The summed E-state index contributed by atoms with van der Waals surface area (Å²) in [5, 5.41) is 3.43. The number of benzene rings is 2. The van der Waals surface area contributed by atoms with E-state index in [1.165, 1.54) is 5.56 Å². The molecule has 2 aromatic rings. The number of carbonyl (C=O) groups excluding carboxylic acids is 2. The predicted octanol–water partition coefficient (Wildman–Crippen LogP) is 4.45. The average molecular weight is 371 g/mol. The van der Waals surface area contributed by atoms with Crippen molar-refractivity contribution in [3.63, 3.8) is 0 Å². The fourth-order valence-corrected chi connectivity index (χ4v) is 3.38. The first-order valence-corrected chi connectivity index (χ1v) is 9.25. The number of aryl methyl sites for hydroxylation is 2. The molecular weight excluding hydrogens is 348 g/mol. The van der Waals surface area contributed by atoms with Crippen LogP contribution in [0.1, 0.15) is 34.3 Å². The van der Waals surface area contributed by atoms with Gasteiger partial charge >= 0.3 is 0 Å². The molecule has 2 aromatic carbocycles. The van der Waals surface area contributed by atoms with Crippen molar-refractivity contribution in [2.45, 2.75) is 26.7 Å². The van der Waals surface area contributed by atoms with Crippen LogP contribution in [0.4, 0.5) is 5.69 Å². The van der Waals surface area contributed by atoms with E-state index in [9.17, 15) is 9.59 Å². The molecule has 0 bridgehead atoms. The molecule has 2 amide bonds. The lowest BCUT2D eigenvalue weighted by Crippen LogP contribution is -2.41. The highest BCUT2D eigenvalue weighted by atomic mass is 35.5. The van der Waals surface area contributed by atoms with E-state index in [4.69, 9.17) is 11.6 Å². The zero-order chi connectivity index (χ0) is 18.7. The summed E-state index contributed by atoms with van der Waals surface area (Å²) in [6.07, 6.45) is 1.32. The van der Waals surface area contributed by atoms with Crippen LogP contribution in [0.3, 0.4) is 0 Å². The Kier molecular flexibility index (Phi) is 5.62. The van der Waals surface area contributed by atoms with Gasteiger partial charge in [0.15, 0.2) is 0 Å². The molecule has 0 atom stereocenters. The maximum Gasteiger partial charge on any atom is 0.253 e. The van der Waals surface area contributed by atoms with Gasteiger partial charge in [-0.3, -0.25) is 9.59 Å². The van der Waals surface area contributed by atoms with Gasteiger partial charge in [0.1, 0.15) is 0 Å². The molecule has 1 heterocycles. The number of likely N-dealkylation sites (tertiary alicyclic amines) is 1. The Morgan fingerprint density at radius 2 is 1.73 bits per heavy atom.